The normalized spacial score (nSPS) is 27.8. The third-order valence-corrected chi connectivity index (χ3v) is 4.22. The van der Waals surface area contributed by atoms with E-state index < -0.39 is 43.5 Å². The summed E-state index contributed by atoms with van der Waals surface area (Å²) < 4.78 is 25.2. The number of aromatic nitrogens is 4. The molecule has 0 amide bonds. The first-order valence-corrected chi connectivity index (χ1v) is 9.20. The average molecular weight is 381 g/mol. The van der Waals surface area contributed by atoms with Crippen LogP contribution >= 0.6 is 6.72 Å². The van der Waals surface area contributed by atoms with Crippen LogP contribution in [0, 0.1) is 0 Å². The van der Waals surface area contributed by atoms with Crippen molar-refractivity contribution in [3.05, 3.63) is 16.7 Å². The minimum Gasteiger partial charge on any atom is -0.385 e. The van der Waals surface area contributed by atoms with Crippen molar-refractivity contribution in [3.8, 4) is 0 Å². The summed E-state index contributed by atoms with van der Waals surface area (Å²) in [6, 6.07) is 0. The highest BCUT2D eigenvalue weighted by atomic mass is 32.5. The number of aliphatic hydroxyl groups excluding tert-OH is 1. The number of alkyl halides is 1. The Labute approximate surface area is 138 Å². The Balaban J connectivity index is 1.90. The topological polar surface area (TPSA) is 169 Å². The Morgan fingerprint density at radius 3 is 2.96 bits per heavy atom. The minimum absolute atomic E-state index is 0.00324. The number of halogens is 1. The molecule has 3 rings (SSSR count). The molecule has 3 heterocycles. The number of aliphatic hydroxyl groups is 1. The molecular weight excluding hydrogens is 368 g/mol. The lowest BCUT2D eigenvalue weighted by Gasteiger charge is -2.16. The van der Waals surface area contributed by atoms with Crippen LogP contribution in [0.4, 0.5) is 10.3 Å². The summed E-state index contributed by atoms with van der Waals surface area (Å²) in [6.45, 7) is -4.55. The van der Waals surface area contributed by atoms with Gasteiger partial charge < -0.3 is 29.9 Å². The molecule has 24 heavy (non-hydrogen) atoms. The van der Waals surface area contributed by atoms with Gasteiger partial charge in [0.05, 0.1) is 12.9 Å². The highest BCUT2D eigenvalue weighted by molar-refractivity contribution is 8.06. The second kappa shape index (κ2) is 6.11. The number of aromatic amines is 1. The molecule has 14 heteroatoms. The first-order valence-electron chi connectivity index (χ1n) is 6.57. The van der Waals surface area contributed by atoms with Crippen LogP contribution in [0.2, 0.25) is 0 Å². The lowest BCUT2D eigenvalue weighted by molar-refractivity contribution is -0.0474. The van der Waals surface area contributed by atoms with Crippen molar-refractivity contribution in [2.24, 2.45) is 0 Å². The van der Waals surface area contributed by atoms with Gasteiger partial charge in [-0.1, -0.05) is 0 Å². The summed E-state index contributed by atoms with van der Waals surface area (Å²) >= 11 is 4.27. The van der Waals surface area contributed by atoms with Gasteiger partial charge in [0, 0.05) is 0 Å². The number of H-pyrrole nitrogens is 1. The largest absolute Gasteiger partial charge is 0.385 e. The predicted molar refractivity (Wildman–Crippen MR) is 82.0 cm³/mol. The van der Waals surface area contributed by atoms with Crippen LogP contribution in [0.1, 0.15) is 6.23 Å². The van der Waals surface area contributed by atoms with Crippen LogP contribution in [0.25, 0.3) is 11.2 Å². The van der Waals surface area contributed by atoms with E-state index in [2.05, 4.69) is 31.3 Å². The van der Waals surface area contributed by atoms with Gasteiger partial charge in [-0.05, 0) is 11.8 Å². The fourth-order valence-corrected chi connectivity index (χ4v) is 2.90. The van der Waals surface area contributed by atoms with Crippen molar-refractivity contribution in [1.82, 2.24) is 19.5 Å². The van der Waals surface area contributed by atoms with Crippen molar-refractivity contribution in [2.45, 2.75) is 24.6 Å². The van der Waals surface area contributed by atoms with Crippen molar-refractivity contribution in [1.29, 1.82) is 0 Å². The second-order valence-electron chi connectivity index (χ2n) is 5.06. The van der Waals surface area contributed by atoms with Crippen LogP contribution in [0.3, 0.4) is 0 Å². The summed E-state index contributed by atoms with van der Waals surface area (Å²) in [6.07, 6.45) is -4.94. The van der Waals surface area contributed by atoms with Crippen molar-refractivity contribution < 1.29 is 28.5 Å². The Morgan fingerprint density at radius 2 is 2.29 bits per heavy atom. The van der Waals surface area contributed by atoms with Crippen LogP contribution in [-0.4, -0.2) is 59.4 Å². The molecule has 6 N–H and O–H groups in total. The van der Waals surface area contributed by atoms with E-state index in [0.29, 0.717) is 0 Å². The monoisotopic (exact) mass is 381 g/mol. The first-order chi connectivity index (χ1) is 11.2. The van der Waals surface area contributed by atoms with Gasteiger partial charge in [0.25, 0.3) is 5.56 Å². The standard InChI is InChI=1S/C10H13FN5O6PS/c11-4-3(1-21-23(19,20)24)22-9(6(4)17)16-2-13-5-7(16)14-10(12)15-8(5)18/h2-4,6,9,17H,1H2,(H2,19,20,24)(H3,12,14,15,18)/t3-,4?,6+,9-/m1/s1. The number of hydrogen-bond donors (Lipinski definition) is 5. The number of imidazole rings is 1. The summed E-state index contributed by atoms with van der Waals surface area (Å²) in [5, 5.41) is 10.0. The fourth-order valence-electron chi connectivity index (χ4n) is 2.37. The average Bonchev–Trinajstić information content (AvgIpc) is 3.00. The van der Waals surface area contributed by atoms with Gasteiger partial charge in [-0.25, -0.2) is 9.37 Å². The lowest BCUT2D eigenvalue weighted by Crippen LogP contribution is -2.30. The van der Waals surface area contributed by atoms with Crippen molar-refractivity contribution >= 4 is 35.6 Å². The molecule has 11 nitrogen and oxygen atoms in total. The molecule has 4 atom stereocenters. The van der Waals surface area contributed by atoms with Gasteiger partial charge in [-0.2, -0.15) is 4.98 Å². The number of fused-ring (bicyclic) bond motifs is 1. The van der Waals surface area contributed by atoms with E-state index in [-0.39, 0.29) is 17.1 Å². The number of nitrogen functional groups attached to an aromatic ring is 1. The fraction of sp³-hybridized carbons (Fsp3) is 0.500. The Kier molecular flexibility index (Phi) is 4.42. The second-order valence-corrected chi connectivity index (χ2v) is 7.73. The maximum absolute atomic E-state index is 14.2. The molecule has 1 saturated heterocycles. The van der Waals surface area contributed by atoms with Gasteiger partial charge in [0.2, 0.25) is 5.95 Å². The lowest BCUT2D eigenvalue weighted by atomic mass is 10.1. The molecule has 1 aliphatic rings. The quantitative estimate of drug-likeness (QED) is 0.394. The zero-order chi connectivity index (χ0) is 17.6. The zero-order valence-electron chi connectivity index (χ0n) is 11.8. The summed E-state index contributed by atoms with van der Waals surface area (Å²) in [5.41, 5.74) is 4.82. The predicted octanol–water partition coefficient (Wildman–Crippen LogP) is -1.48. The van der Waals surface area contributed by atoms with E-state index in [1.165, 1.54) is 0 Å². The number of anilines is 1. The summed E-state index contributed by atoms with van der Waals surface area (Å²) in [7, 11) is 0. The van der Waals surface area contributed by atoms with E-state index in [0.717, 1.165) is 10.9 Å². The molecule has 132 valence electrons. The maximum Gasteiger partial charge on any atom is 0.321 e. The third kappa shape index (κ3) is 3.19. The highest BCUT2D eigenvalue weighted by Gasteiger charge is 2.46. The number of hydrogen-bond acceptors (Lipinski definition) is 8. The molecule has 2 aromatic heterocycles. The van der Waals surface area contributed by atoms with E-state index in [4.69, 9.17) is 20.3 Å². The van der Waals surface area contributed by atoms with Crippen LogP contribution < -0.4 is 11.3 Å². The Bertz CT molecular complexity index is 869. The Morgan fingerprint density at radius 1 is 1.58 bits per heavy atom. The van der Waals surface area contributed by atoms with E-state index >= 15 is 0 Å². The number of ether oxygens (including phenoxy) is 1. The molecule has 1 fully saturated rings. The van der Waals surface area contributed by atoms with Gasteiger partial charge in [0.1, 0.15) is 12.2 Å². The third-order valence-electron chi connectivity index (χ3n) is 3.42. The summed E-state index contributed by atoms with van der Waals surface area (Å²) in [4.78, 5) is 39.8. The number of nitrogens with zero attached hydrogens (tertiary/aromatic N) is 3. The smallest absolute Gasteiger partial charge is 0.321 e. The molecule has 0 spiro atoms. The summed E-state index contributed by atoms with van der Waals surface area (Å²) in [5.74, 6) is -0.181. The van der Waals surface area contributed by atoms with E-state index in [1.54, 1.807) is 0 Å². The molecule has 0 radical (unpaired) electrons. The molecule has 0 aromatic carbocycles. The molecule has 0 bridgehead atoms. The molecule has 0 saturated carbocycles. The first kappa shape index (κ1) is 17.4. The minimum atomic E-state index is -3.98. The number of rotatable bonds is 4. The van der Waals surface area contributed by atoms with Crippen LogP contribution in [0.15, 0.2) is 11.1 Å². The van der Waals surface area contributed by atoms with Gasteiger partial charge in [0.15, 0.2) is 23.6 Å². The molecule has 1 unspecified atom stereocenters. The van der Waals surface area contributed by atoms with E-state index in [1.807, 2.05) is 0 Å². The number of nitrogens with one attached hydrogen (secondary N) is 1. The maximum atomic E-state index is 14.2. The number of nitrogens with two attached hydrogens (primary N) is 1. The highest BCUT2D eigenvalue weighted by Crippen LogP contribution is 2.39. The van der Waals surface area contributed by atoms with Crippen molar-refractivity contribution in [2.75, 3.05) is 12.3 Å². The van der Waals surface area contributed by atoms with Crippen molar-refractivity contribution in [3.63, 3.8) is 0 Å². The molecular formula is C10H13FN5O6PS. The van der Waals surface area contributed by atoms with Crippen LogP contribution in [-0.2, 0) is 21.1 Å². The van der Waals surface area contributed by atoms with Gasteiger partial charge >= 0.3 is 6.72 Å². The molecule has 1 aliphatic heterocycles. The van der Waals surface area contributed by atoms with Gasteiger partial charge in [-0.3, -0.25) is 14.3 Å². The van der Waals surface area contributed by atoms with Crippen LogP contribution in [0.5, 0.6) is 0 Å². The van der Waals surface area contributed by atoms with E-state index in [9.17, 15) is 14.3 Å². The Hall–Kier alpha value is -1.47. The molecule has 0 aliphatic carbocycles. The van der Waals surface area contributed by atoms with Gasteiger partial charge in [-0.15, -0.1) is 0 Å². The SMILES string of the molecule is Nc1nc2c(ncn2[C@@H]2O[C@H](COP(O)(O)=S)C(F)[C@@H]2O)c(=O)[nH]1. The molecule has 2 aromatic rings. The zero-order valence-corrected chi connectivity index (χ0v) is 13.5.